The molecule has 0 spiro atoms. The number of aliphatic imine (C=N–C) groups is 1. The van der Waals surface area contributed by atoms with Crippen LogP contribution in [-0.2, 0) is 0 Å². The van der Waals surface area contributed by atoms with Crippen molar-refractivity contribution in [3.05, 3.63) is 0 Å². The lowest BCUT2D eigenvalue weighted by atomic mass is 10.3. The number of guanidine groups is 1. The zero-order chi connectivity index (χ0) is 9.72. The predicted octanol–water partition coefficient (Wildman–Crippen LogP) is 1.44. The molecular formula is C9H21N3. The van der Waals surface area contributed by atoms with Crippen molar-refractivity contribution in [3.63, 3.8) is 0 Å². The first-order chi connectivity index (χ1) is 5.49. The fourth-order valence-corrected chi connectivity index (χ4v) is 0.673. The average Bonchev–Trinajstić information content (AvgIpc) is 2.02. The Morgan fingerprint density at radius 1 is 1.42 bits per heavy atom. The molecule has 0 aliphatic carbocycles. The van der Waals surface area contributed by atoms with Crippen LogP contribution >= 0.6 is 0 Å². The lowest BCUT2D eigenvalue weighted by molar-refractivity contribution is 0.409. The standard InChI is InChI=1S/C9H21N3/c1-6-8(4)11-9(10)12(5)7(2)3/h7-8H,6H2,1-5H3,(H2,10,11). The first-order valence-corrected chi connectivity index (χ1v) is 4.55. The van der Waals surface area contributed by atoms with Crippen LogP contribution in [0.1, 0.15) is 34.1 Å². The molecule has 0 fully saturated rings. The fourth-order valence-electron chi connectivity index (χ4n) is 0.673. The van der Waals surface area contributed by atoms with Crippen molar-refractivity contribution in [3.8, 4) is 0 Å². The fraction of sp³-hybridized carbons (Fsp3) is 0.889. The quantitative estimate of drug-likeness (QED) is 0.515. The molecule has 0 aliphatic heterocycles. The maximum absolute atomic E-state index is 5.77. The Kier molecular flexibility index (Phi) is 4.71. The molecule has 0 rings (SSSR count). The van der Waals surface area contributed by atoms with Crippen molar-refractivity contribution in [1.82, 2.24) is 4.90 Å². The molecular weight excluding hydrogens is 150 g/mol. The van der Waals surface area contributed by atoms with Crippen molar-refractivity contribution < 1.29 is 0 Å². The van der Waals surface area contributed by atoms with E-state index < -0.39 is 0 Å². The Labute approximate surface area is 75.7 Å². The van der Waals surface area contributed by atoms with Crippen LogP contribution in [0, 0.1) is 0 Å². The highest BCUT2D eigenvalue weighted by atomic mass is 15.2. The van der Waals surface area contributed by atoms with E-state index in [9.17, 15) is 0 Å². The smallest absolute Gasteiger partial charge is 0.191 e. The minimum Gasteiger partial charge on any atom is -0.370 e. The van der Waals surface area contributed by atoms with E-state index in [0.29, 0.717) is 18.0 Å². The highest BCUT2D eigenvalue weighted by Gasteiger charge is 2.06. The molecule has 1 atom stereocenters. The molecule has 1 unspecified atom stereocenters. The maximum atomic E-state index is 5.77. The van der Waals surface area contributed by atoms with E-state index in [1.54, 1.807) is 0 Å². The summed E-state index contributed by atoms with van der Waals surface area (Å²) >= 11 is 0. The molecule has 3 heteroatoms. The van der Waals surface area contributed by atoms with Crippen LogP contribution in [0.2, 0.25) is 0 Å². The van der Waals surface area contributed by atoms with E-state index in [1.807, 2.05) is 11.9 Å². The van der Waals surface area contributed by atoms with Gasteiger partial charge in [-0.05, 0) is 27.2 Å². The van der Waals surface area contributed by atoms with Crippen molar-refractivity contribution in [2.24, 2.45) is 10.7 Å². The van der Waals surface area contributed by atoms with E-state index >= 15 is 0 Å². The second-order valence-electron chi connectivity index (χ2n) is 3.45. The lowest BCUT2D eigenvalue weighted by Crippen LogP contribution is -2.39. The van der Waals surface area contributed by atoms with Gasteiger partial charge in [0, 0.05) is 13.1 Å². The molecule has 0 aromatic rings. The van der Waals surface area contributed by atoms with Gasteiger partial charge < -0.3 is 10.6 Å². The predicted molar refractivity (Wildman–Crippen MR) is 54.3 cm³/mol. The summed E-state index contributed by atoms with van der Waals surface area (Å²) < 4.78 is 0. The van der Waals surface area contributed by atoms with E-state index in [1.165, 1.54) is 0 Å². The normalized spacial score (nSPS) is 15.0. The number of hydrogen-bond acceptors (Lipinski definition) is 1. The number of hydrogen-bond donors (Lipinski definition) is 1. The summed E-state index contributed by atoms with van der Waals surface area (Å²) in [6, 6.07) is 0.740. The molecule has 72 valence electrons. The molecule has 3 nitrogen and oxygen atoms in total. The highest BCUT2D eigenvalue weighted by molar-refractivity contribution is 5.78. The third-order valence-electron chi connectivity index (χ3n) is 2.08. The zero-order valence-corrected chi connectivity index (χ0v) is 8.83. The van der Waals surface area contributed by atoms with Crippen LogP contribution in [0.15, 0.2) is 4.99 Å². The van der Waals surface area contributed by atoms with Crippen molar-refractivity contribution in [2.45, 2.75) is 46.2 Å². The summed E-state index contributed by atoms with van der Waals surface area (Å²) in [7, 11) is 1.96. The van der Waals surface area contributed by atoms with Crippen molar-refractivity contribution >= 4 is 5.96 Å². The molecule has 12 heavy (non-hydrogen) atoms. The van der Waals surface area contributed by atoms with Gasteiger partial charge >= 0.3 is 0 Å². The molecule has 0 amide bonds. The third-order valence-corrected chi connectivity index (χ3v) is 2.08. The Morgan fingerprint density at radius 3 is 2.25 bits per heavy atom. The number of nitrogens with zero attached hydrogens (tertiary/aromatic N) is 2. The van der Waals surface area contributed by atoms with Crippen LogP contribution in [0.5, 0.6) is 0 Å². The Hall–Kier alpha value is -0.730. The monoisotopic (exact) mass is 171 g/mol. The van der Waals surface area contributed by atoms with Gasteiger partial charge in [-0.2, -0.15) is 0 Å². The van der Waals surface area contributed by atoms with Gasteiger partial charge in [-0.15, -0.1) is 0 Å². The second kappa shape index (κ2) is 5.01. The molecule has 0 bridgehead atoms. The zero-order valence-electron chi connectivity index (χ0n) is 8.83. The lowest BCUT2D eigenvalue weighted by Gasteiger charge is -2.23. The Balaban J connectivity index is 4.16. The van der Waals surface area contributed by atoms with E-state index in [4.69, 9.17) is 5.73 Å². The SMILES string of the molecule is CCC(C)N=C(N)N(C)C(C)C. The van der Waals surface area contributed by atoms with Gasteiger partial charge in [0.2, 0.25) is 0 Å². The molecule has 0 aliphatic rings. The minimum absolute atomic E-state index is 0.325. The van der Waals surface area contributed by atoms with Crippen molar-refractivity contribution in [2.75, 3.05) is 7.05 Å². The highest BCUT2D eigenvalue weighted by Crippen LogP contribution is 1.98. The second-order valence-corrected chi connectivity index (χ2v) is 3.45. The summed E-state index contributed by atoms with van der Waals surface area (Å²) in [4.78, 5) is 6.32. The van der Waals surface area contributed by atoms with Crippen LogP contribution < -0.4 is 5.73 Å². The maximum Gasteiger partial charge on any atom is 0.191 e. The van der Waals surface area contributed by atoms with E-state index in [0.717, 1.165) is 6.42 Å². The number of rotatable bonds is 3. The van der Waals surface area contributed by atoms with Gasteiger partial charge in [-0.25, -0.2) is 0 Å². The summed E-state index contributed by atoms with van der Waals surface area (Å²) in [6.45, 7) is 8.37. The van der Waals surface area contributed by atoms with Crippen LogP contribution in [0.4, 0.5) is 0 Å². The van der Waals surface area contributed by atoms with Crippen LogP contribution in [-0.4, -0.2) is 30.0 Å². The average molecular weight is 171 g/mol. The third kappa shape index (κ3) is 3.60. The minimum atomic E-state index is 0.325. The summed E-state index contributed by atoms with van der Waals surface area (Å²) in [5, 5.41) is 0. The molecule has 0 aromatic heterocycles. The van der Waals surface area contributed by atoms with Gasteiger partial charge in [-0.1, -0.05) is 6.92 Å². The first kappa shape index (κ1) is 11.3. The van der Waals surface area contributed by atoms with Gasteiger partial charge in [0.15, 0.2) is 5.96 Å². The molecule has 0 heterocycles. The topological polar surface area (TPSA) is 41.6 Å². The molecule has 2 N–H and O–H groups in total. The summed E-state index contributed by atoms with van der Waals surface area (Å²) in [5.41, 5.74) is 5.77. The Morgan fingerprint density at radius 2 is 1.92 bits per heavy atom. The van der Waals surface area contributed by atoms with E-state index in [-0.39, 0.29) is 0 Å². The van der Waals surface area contributed by atoms with Gasteiger partial charge in [-0.3, -0.25) is 4.99 Å². The van der Waals surface area contributed by atoms with E-state index in [2.05, 4.69) is 32.7 Å². The van der Waals surface area contributed by atoms with Crippen molar-refractivity contribution in [1.29, 1.82) is 0 Å². The largest absolute Gasteiger partial charge is 0.370 e. The molecule has 0 radical (unpaired) electrons. The summed E-state index contributed by atoms with van der Waals surface area (Å²) in [5.74, 6) is 0.638. The molecule has 0 saturated heterocycles. The van der Waals surface area contributed by atoms with Crippen LogP contribution in [0.25, 0.3) is 0 Å². The first-order valence-electron chi connectivity index (χ1n) is 4.55. The van der Waals surface area contributed by atoms with Gasteiger partial charge in [0.05, 0.1) is 6.04 Å². The Bertz CT molecular complexity index is 152. The van der Waals surface area contributed by atoms with Gasteiger partial charge in [0.1, 0.15) is 0 Å². The van der Waals surface area contributed by atoms with Gasteiger partial charge in [0.25, 0.3) is 0 Å². The molecule has 0 saturated carbocycles. The number of nitrogens with two attached hydrogens (primary N) is 1. The van der Waals surface area contributed by atoms with Crippen LogP contribution in [0.3, 0.4) is 0 Å². The molecule has 0 aromatic carbocycles. The summed E-state index contributed by atoms with van der Waals surface area (Å²) in [6.07, 6.45) is 1.03.